The quantitative estimate of drug-likeness (QED) is 0.667. The van der Waals surface area contributed by atoms with Crippen molar-refractivity contribution in [2.75, 3.05) is 24.2 Å². The van der Waals surface area contributed by atoms with Crippen molar-refractivity contribution in [2.24, 2.45) is 0 Å². The number of hydrogen-bond acceptors (Lipinski definition) is 4. The van der Waals surface area contributed by atoms with Gasteiger partial charge in [0.2, 0.25) is 0 Å². The summed E-state index contributed by atoms with van der Waals surface area (Å²) in [4.78, 5) is 4.12. The number of hydrogen-bond donors (Lipinski definition) is 3. The number of pyridine rings is 1. The Morgan fingerprint density at radius 2 is 2.33 bits per heavy atom. The maximum absolute atomic E-state index is 9.37. The molecule has 0 saturated heterocycles. The Morgan fingerprint density at radius 1 is 1.53 bits per heavy atom. The van der Waals surface area contributed by atoms with E-state index in [0.717, 1.165) is 30.9 Å². The lowest BCUT2D eigenvalue weighted by Gasteiger charge is -2.10. The molecule has 1 heterocycles. The zero-order chi connectivity index (χ0) is 11.1. The Hall–Kier alpha value is -1.29. The number of aliphatic hydroxyl groups is 1. The molecule has 4 heteroatoms. The van der Waals surface area contributed by atoms with E-state index in [2.05, 4.69) is 15.6 Å². The van der Waals surface area contributed by atoms with Crippen LogP contribution in [0.25, 0.3) is 0 Å². The van der Waals surface area contributed by atoms with Gasteiger partial charge in [-0.15, -0.1) is 0 Å². The summed E-state index contributed by atoms with van der Waals surface area (Å²) >= 11 is 0. The fourth-order valence-corrected chi connectivity index (χ4v) is 1.26. The molecule has 4 nitrogen and oxygen atoms in total. The third-order valence-electron chi connectivity index (χ3n) is 2.29. The van der Waals surface area contributed by atoms with Gasteiger partial charge in [0, 0.05) is 31.5 Å². The normalized spacial score (nSPS) is 12.2. The number of aromatic nitrogens is 1. The SMILES string of the molecule is CCC(O)CCNc1ccnc(NC)c1. The average molecular weight is 209 g/mol. The molecule has 15 heavy (non-hydrogen) atoms. The van der Waals surface area contributed by atoms with Crippen molar-refractivity contribution in [3.8, 4) is 0 Å². The van der Waals surface area contributed by atoms with Crippen LogP contribution in [0, 0.1) is 0 Å². The third-order valence-corrected chi connectivity index (χ3v) is 2.29. The summed E-state index contributed by atoms with van der Waals surface area (Å²) in [6.07, 6.45) is 3.13. The first kappa shape index (κ1) is 11.8. The third kappa shape index (κ3) is 4.16. The molecule has 0 radical (unpaired) electrons. The molecule has 0 aliphatic heterocycles. The number of aliphatic hydroxyl groups excluding tert-OH is 1. The molecule has 0 amide bonds. The van der Waals surface area contributed by atoms with Gasteiger partial charge >= 0.3 is 0 Å². The van der Waals surface area contributed by atoms with Crippen molar-refractivity contribution in [1.82, 2.24) is 4.98 Å². The molecule has 0 fully saturated rings. The van der Waals surface area contributed by atoms with Gasteiger partial charge < -0.3 is 15.7 Å². The van der Waals surface area contributed by atoms with Crippen LogP contribution in [-0.4, -0.2) is 29.8 Å². The highest BCUT2D eigenvalue weighted by Gasteiger charge is 2.00. The second-order valence-electron chi connectivity index (χ2n) is 3.46. The van der Waals surface area contributed by atoms with Gasteiger partial charge in [0.15, 0.2) is 0 Å². The molecule has 1 atom stereocenters. The Kier molecular flexibility index (Phi) is 4.90. The van der Waals surface area contributed by atoms with Crippen molar-refractivity contribution < 1.29 is 5.11 Å². The minimum absolute atomic E-state index is 0.205. The van der Waals surface area contributed by atoms with Crippen LogP contribution in [-0.2, 0) is 0 Å². The van der Waals surface area contributed by atoms with Crippen LogP contribution < -0.4 is 10.6 Å². The van der Waals surface area contributed by atoms with E-state index < -0.39 is 0 Å². The predicted molar refractivity (Wildman–Crippen MR) is 63.2 cm³/mol. The topological polar surface area (TPSA) is 57.2 Å². The maximum Gasteiger partial charge on any atom is 0.127 e. The summed E-state index contributed by atoms with van der Waals surface area (Å²) in [6, 6.07) is 3.86. The smallest absolute Gasteiger partial charge is 0.127 e. The van der Waals surface area contributed by atoms with E-state index in [1.54, 1.807) is 6.20 Å². The van der Waals surface area contributed by atoms with Crippen LogP contribution in [0.1, 0.15) is 19.8 Å². The lowest BCUT2D eigenvalue weighted by Crippen LogP contribution is -2.12. The highest BCUT2D eigenvalue weighted by molar-refractivity contribution is 5.51. The fourth-order valence-electron chi connectivity index (χ4n) is 1.26. The van der Waals surface area contributed by atoms with Crippen molar-refractivity contribution in [3.05, 3.63) is 18.3 Å². The van der Waals surface area contributed by atoms with Gasteiger partial charge in [0.25, 0.3) is 0 Å². The molecule has 0 aliphatic carbocycles. The van der Waals surface area contributed by atoms with Crippen molar-refractivity contribution in [1.29, 1.82) is 0 Å². The molecule has 84 valence electrons. The monoisotopic (exact) mass is 209 g/mol. The van der Waals surface area contributed by atoms with Crippen LogP contribution in [0.15, 0.2) is 18.3 Å². The highest BCUT2D eigenvalue weighted by atomic mass is 16.3. The minimum Gasteiger partial charge on any atom is -0.393 e. The largest absolute Gasteiger partial charge is 0.393 e. The van der Waals surface area contributed by atoms with Gasteiger partial charge in [0.1, 0.15) is 5.82 Å². The van der Waals surface area contributed by atoms with Gasteiger partial charge in [-0.1, -0.05) is 6.92 Å². The number of rotatable bonds is 6. The van der Waals surface area contributed by atoms with Gasteiger partial charge in [-0.05, 0) is 18.9 Å². The van der Waals surface area contributed by atoms with E-state index in [1.807, 2.05) is 26.1 Å². The van der Waals surface area contributed by atoms with Crippen molar-refractivity contribution in [2.45, 2.75) is 25.9 Å². The Bertz CT molecular complexity index is 291. The van der Waals surface area contributed by atoms with Crippen LogP contribution in [0.2, 0.25) is 0 Å². The van der Waals surface area contributed by atoms with Crippen LogP contribution in [0.5, 0.6) is 0 Å². The first-order valence-corrected chi connectivity index (χ1v) is 5.32. The molecule has 1 unspecified atom stereocenters. The molecule has 0 saturated carbocycles. The molecule has 0 aromatic carbocycles. The molecular weight excluding hydrogens is 190 g/mol. The summed E-state index contributed by atoms with van der Waals surface area (Å²) in [5, 5.41) is 15.6. The summed E-state index contributed by atoms with van der Waals surface area (Å²) in [5.74, 6) is 0.844. The zero-order valence-electron chi connectivity index (χ0n) is 9.33. The first-order chi connectivity index (χ1) is 7.26. The Balaban J connectivity index is 2.37. The van der Waals surface area contributed by atoms with E-state index in [-0.39, 0.29) is 6.10 Å². The molecule has 1 aromatic rings. The second-order valence-corrected chi connectivity index (χ2v) is 3.46. The molecular formula is C11H19N3O. The first-order valence-electron chi connectivity index (χ1n) is 5.32. The molecule has 1 rings (SSSR count). The van der Waals surface area contributed by atoms with Gasteiger partial charge in [-0.2, -0.15) is 0 Å². The summed E-state index contributed by atoms with van der Waals surface area (Å²) in [5.41, 5.74) is 1.03. The average Bonchev–Trinajstić information content (AvgIpc) is 2.29. The number of nitrogens with one attached hydrogen (secondary N) is 2. The fraction of sp³-hybridized carbons (Fsp3) is 0.545. The summed E-state index contributed by atoms with van der Waals surface area (Å²) < 4.78 is 0. The van der Waals surface area contributed by atoms with Gasteiger partial charge in [-0.3, -0.25) is 0 Å². The van der Waals surface area contributed by atoms with Crippen LogP contribution in [0.3, 0.4) is 0 Å². The standard InChI is InChI=1S/C11H19N3O/c1-3-10(15)5-7-13-9-4-6-14-11(8-9)12-2/h4,6,8,10,15H,3,5,7H2,1-2H3,(H2,12,13,14). The van der Waals surface area contributed by atoms with Crippen molar-refractivity contribution >= 4 is 11.5 Å². The molecule has 0 spiro atoms. The van der Waals surface area contributed by atoms with E-state index >= 15 is 0 Å². The number of nitrogens with zero attached hydrogens (tertiary/aromatic N) is 1. The molecule has 1 aromatic heterocycles. The van der Waals surface area contributed by atoms with E-state index in [9.17, 15) is 5.11 Å². The molecule has 0 aliphatic rings. The second kappa shape index (κ2) is 6.24. The minimum atomic E-state index is -0.205. The number of anilines is 2. The lowest BCUT2D eigenvalue weighted by molar-refractivity contribution is 0.164. The highest BCUT2D eigenvalue weighted by Crippen LogP contribution is 2.11. The summed E-state index contributed by atoms with van der Waals surface area (Å²) in [6.45, 7) is 2.76. The Labute approximate surface area is 90.7 Å². The lowest BCUT2D eigenvalue weighted by atomic mass is 10.2. The van der Waals surface area contributed by atoms with Gasteiger partial charge in [-0.25, -0.2) is 4.98 Å². The zero-order valence-corrected chi connectivity index (χ0v) is 9.33. The van der Waals surface area contributed by atoms with E-state index in [4.69, 9.17) is 0 Å². The van der Waals surface area contributed by atoms with E-state index in [1.165, 1.54) is 0 Å². The Morgan fingerprint density at radius 3 is 3.00 bits per heavy atom. The van der Waals surface area contributed by atoms with Crippen LogP contribution in [0.4, 0.5) is 11.5 Å². The maximum atomic E-state index is 9.37. The van der Waals surface area contributed by atoms with Gasteiger partial charge in [0.05, 0.1) is 6.10 Å². The van der Waals surface area contributed by atoms with Crippen molar-refractivity contribution in [3.63, 3.8) is 0 Å². The summed E-state index contributed by atoms with van der Waals surface area (Å²) in [7, 11) is 1.84. The molecule has 3 N–H and O–H groups in total. The van der Waals surface area contributed by atoms with E-state index in [0.29, 0.717) is 0 Å². The predicted octanol–water partition coefficient (Wildman–Crippen LogP) is 1.70. The molecule has 0 bridgehead atoms. The van der Waals surface area contributed by atoms with Crippen LogP contribution >= 0.6 is 0 Å².